The summed E-state index contributed by atoms with van der Waals surface area (Å²) in [5, 5.41) is 4.28. The van der Waals surface area contributed by atoms with Gasteiger partial charge < -0.3 is 9.64 Å². The Morgan fingerprint density at radius 3 is 3.05 bits per heavy atom. The van der Waals surface area contributed by atoms with E-state index in [-0.39, 0.29) is 11.9 Å². The summed E-state index contributed by atoms with van der Waals surface area (Å²) in [5.74, 6) is 0.00944. The smallest absolute Gasteiger partial charge is 0.310 e. The molecule has 1 atom stereocenters. The number of hydrogen-bond donors (Lipinski definition) is 0. The lowest BCUT2D eigenvalue weighted by Gasteiger charge is -2.31. The SMILES string of the molecule is CCOC(=O)[C@@H]1CCCN(CCn2cc(C)cn2)C1. The van der Waals surface area contributed by atoms with E-state index in [0.717, 1.165) is 39.0 Å². The summed E-state index contributed by atoms with van der Waals surface area (Å²) in [4.78, 5) is 14.1. The van der Waals surface area contributed by atoms with Gasteiger partial charge in [-0.15, -0.1) is 0 Å². The topological polar surface area (TPSA) is 47.4 Å². The fourth-order valence-corrected chi connectivity index (χ4v) is 2.54. The first-order valence-electron chi connectivity index (χ1n) is 7.07. The lowest BCUT2D eigenvalue weighted by molar-refractivity contribution is -0.149. The summed E-state index contributed by atoms with van der Waals surface area (Å²) in [6.07, 6.45) is 5.95. The van der Waals surface area contributed by atoms with Crippen LogP contribution in [0.3, 0.4) is 0 Å². The molecule has 0 spiro atoms. The van der Waals surface area contributed by atoms with Gasteiger partial charge in [-0.05, 0) is 38.8 Å². The predicted molar refractivity (Wildman–Crippen MR) is 72.8 cm³/mol. The zero-order valence-electron chi connectivity index (χ0n) is 11.8. The second-order valence-corrected chi connectivity index (χ2v) is 5.17. The summed E-state index contributed by atoms with van der Waals surface area (Å²) in [7, 11) is 0. The Morgan fingerprint density at radius 2 is 2.37 bits per heavy atom. The molecule has 1 fully saturated rings. The highest BCUT2D eigenvalue weighted by molar-refractivity contribution is 5.72. The van der Waals surface area contributed by atoms with Crippen LogP contribution in [-0.2, 0) is 16.1 Å². The maximum atomic E-state index is 11.8. The number of nitrogens with zero attached hydrogens (tertiary/aromatic N) is 3. The number of likely N-dealkylation sites (tertiary alicyclic amines) is 1. The van der Waals surface area contributed by atoms with Crippen molar-refractivity contribution in [2.24, 2.45) is 5.92 Å². The van der Waals surface area contributed by atoms with E-state index >= 15 is 0 Å². The third-order valence-electron chi connectivity index (χ3n) is 3.53. The maximum Gasteiger partial charge on any atom is 0.310 e. The number of rotatable bonds is 5. The van der Waals surface area contributed by atoms with Crippen LogP contribution in [0.15, 0.2) is 12.4 Å². The highest BCUT2D eigenvalue weighted by Gasteiger charge is 2.26. The van der Waals surface area contributed by atoms with Gasteiger partial charge in [0, 0.05) is 19.3 Å². The molecule has 5 nitrogen and oxygen atoms in total. The zero-order valence-corrected chi connectivity index (χ0v) is 11.8. The van der Waals surface area contributed by atoms with Crippen LogP contribution in [0.5, 0.6) is 0 Å². The molecule has 2 heterocycles. The van der Waals surface area contributed by atoms with Gasteiger partial charge in [0.2, 0.25) is 0 Å². The average molecular weight is 265 g/mol. The molecule has 0 radical (unpaired) electrons. The molecule has 0 N–H and O–H groups in total. The minimum absolute atomic E-state index is 0.0397. The van der Waals surface area contributed by atoms with Gasteiger partial charge in [-0.25, -0.2) is 0 Å². The number of esters is 1. The van der Waals surface area contributed by atoms with E-state index in [9.17, 15) is 4.79 Å². The highest BCUT2D eigenvalue weighted by Crippen LogP contribution is 2.17. The molecule has 0 aromatic carbocycles. The van der Waals surface area contributed by atoms with Crippen LogP contribution in [0.4, 0.5) is 0 Å². The van der Waals surface area contributed by atoms with E-state index in [1.807, 2.05) is 30.9 Å². The molecule has 1 aliphatic rings. The van der Waals surface area contributed by atoms with Crippen molar-refractivity contribution in [2.45, 2.75) is 33.2 Å². The number of ether oxygens (including phenoxy) is 1. The first-order valence-corrected chi connectivity index (χ1v) is 7.07. The van der Waals surface area contributed by atoms with Gasteiger partial charge in [-0.1, -0.05) is 0 Å². The lowest BCUT2D eigenvalue weighted by Crippen LogP contribution is -2.40. The van der Waals surface area contributed by atoms with E-state index in [1.54, 1.807) is 0 Å². The minimum Gasteiger partial charge on any atom is -0.466 e. The largest absolute Gasteiger partial charge is 0.466 e. The maximum absolute atomic E-state index is 11.8. The molecule has 106 valence electrons. The van der Waals surface area contributed by atoms with Crippen molar-refractivity contribution < 1.29 is 9.53 Å². The molecule has 1 aliphatic heterocycles. The van der Waals surface area contributed by atoms with E-state index in [0.29, 0.717) is 6.61 Å². The fourth-order valence-electron chi connectivity index (χ4n) is 2.54. The van der Waals surface area contributed by atoms with Crippen molar-refractivity contribution in [2.75, 3.05) is 26.2 Å². The highest BCUT2D eigenvalue weighted by atomic mass is 16.5. The molecule has 19 heavy (non-hydrogen) atoms. The lowest BCUT2D eigenvalue weighted by atomic mass is 9.98. The summed E-state index contributed by atoms with van der Waals surface area (Å²) >= 11 is 0. The third kappa shape index (κ3) is 4.06. The molecule has 0 unspecified atom stereocenters. The molecule has 1 saturated heterocycles. The minimum atomic E-state index is -0.0397. The summed E-state index contributed by atoms with van der Waals surface area (Å²) in [5.41, 5.74) is 1.18. The number of piperidine rings is 1. The van der Waals surface area contributed by atoms with Gasteiger partial charge in [0.05, 0.1) is 25.3 Å². The van der Waals surface area contributed by atoms with Gasteiger partial charge in [0.25, 0.3) is 0 Å². The molecule has 5 heteroatoms. The Morgan fingerprint density at radius 1 is 1.53 bits per heavy atom. The second-order valence-electron chi connectivity index (χ2n) is 5.17. The molecule has 0 amide bonds. The first-order chi connectivity index (χ1) is 9.19. The molecular formula is C14H23N3O2. The van der Waals surface area contributed by atoms with E-state index in [1.165, 1.54) is 5.56 Å². The number of carbonyl (C=O) groups is 1. The Bertz CT molecular complexity index is 417. The molecular weight excluding hydrogens is 242 g/mol. The summed E-state index contributed by atoms with van der Waals surface area (Å²) in [6, 6.07) is 0. The van der Waals surface area contributed by atoms with E-state index in [2.05, 4.69) is 10.00 Å². The Kier molecular flexibility index (Phi) is 4.96. The van der Waals surface area contributed by atoms with Crippen molar-refractivity contribution >= 4 is 5.97 Å². The van der Waals surface area contributed by atoms with Gasteiger partial charge in [0.15, 0.2) is 0 Å². The monoisotopic (exact) mass is 265 g/mol. The van der Waals surface area contributed by atoms with Crippen molar-refractivity contribution in [3.05, 3.63) is 18.0 Å². The van der Waals surface area contributed by atoms with Crippen LogP contribution in [0.25, 0.3) is 0 Å². The van der Waals surface area contributed by atoms with Crippen LogP contribution >= 0.6 is 0 Å². The van der Waals surface area contributed by atoms with Crippen molar-refractivity contribution in [1.29, 1.82) is 0 Å². The molecule has 0 aliphatic carbocycles. The van der Waals surface area contributed by atoms with Crippen LogP contribution in [0.1, 0.15) is 25.3 Å². The normalized spacial score (nSPS) is 20.4. The molecule has 1 aromatic rings. The number of aromatic nitrogens is 2. The molecule has 0 bridgehead atoms. The zero-order chi connectivity index (χ0) is 13.7. The number of aryl methyl sites for hydroxylation is 1. The van der Waals surface area contributed by atoms with Gasteiger partial charge in [0.1, 0.15) is 0 Å². The van der Waals surface area contributed by atoms with Crippen LogP contribution in [-0.4, -0.2) is 46.9 Å². The quantitative estimate of drug-likeness (QED) is 0.756. The van der Waals surface area contributed by atoms with Gasteiger partial charge in [-0.2, -0.15) is 5.10 Å². The summed E-state index contributed by atoms with van der Waals surface area (Å²) in [6.45, 7) is 8.08. The standard InChI is InChI=1S/C14H23N3O2/c1-3-19-14(18)13-5-4-6-16(11-13)7-8-17-10-12(2)9-15-17/h9-10,13H,3-8,11H2,1-2H3/t13-/m1/s1. The first kappa shape index (κ1) is 14.1. The molecule has 2 rings (SSSR count). The van der Waals surface area contributed by atoms with E-state index in [4.69, 9.17) is 4.74 Å². The fraction of sp³-hybridized carbons (Fsp3) is 0.714. The van der Waals surface area contributed by atoms with Gasteiger partial charge >= 0.3 is 5.97 Å². The molecule has 1 aromatic heterocycles. The van der Waals surface area contributed by atoms with Crippen molar-refractivity contribution in [1.82, 2.24) is 14.7 Å². The average Bonchev–Trinajstić information content (AvgIpc) is 2.83. The van der Waals surface area contributed by atoms with E-state index < -0.39 is 0 Å². The third-order valence-corrected chi connectivity index (χ3v) is 3.53. The van der Waals surface area contributed by atoms with Gasteiger partial charge in [-0.3, -0.25) is 9.48 Å². The second kappa shape index (κ2) is 6.70. The van der Waals surface area contributed by atoms with Crippen LogP contribution < -0.4 is 0 Å². The Balaban J connectivity index is 1.79. The number of hydrogen-bond acceptors (Lipinski definition) is 4. The molecule has 0 saturated carbocycles. The Hall–Kier alpha value is -1.36. The van der Waals surface area contributed by atoms with Crippen molar-refractivity contribution in [3.8, 4) is 0 Å². The Labute approximate surface area is 114 Å². The number of carbonyl (C=O) groups excluding carboxylic acids is 1. The predicted octanol–water partition coefficient (Wildman–Crippen LogP) is 1.47. The van der Waals surface area contributed by atoms with Crippen LogP contribution in [0, 0.1) is 12.8 Å². The van der Waals surface area contributed by atoms with Crippen molar-refractivity contribution in [3.63, 3.8) is 0 Å². The van der Waals surface area contributed by atoms with Crippen LogP contribution in [0.2, 0.25) is 0 Å². The summed E-state index contributed by atoms with van der Waals surface area (Å²) < 4.78 is 7.07.